The zero-order chi connectivity index (χ0) is 13.8. The molecule has 19 heavy (non-hydrogen) atoms. The Kier molecular flexibility index (Phi) is 4.22. The predicted molar refractivity (Wildman–Crippen MR) is 78.9 cm³/mol. The van der Waals surface area contributed by atoms with Gasteiger partial charge in [0.05, 0.1) is 12.0 Å². The maximum atomic E-state index is 11.9. The molecule has 0 bridgehead atoms. The molecule has 2 aromatic rings. The van der Waals surface area contributed by atoms with Crippen molar-refractivity contribution in [2.45, 2.75) is 19.9 Å². The molecule has 0 aliphatic heterocycles. The Balaban J connectivity index is 2.18. The SMILES string of the molecule is COc1ccc(-c2csc(C(=O)NC(C)C)c2)cc1. The number of methoxy groups -OCH3 is 1. The second-order valence-electron chi connectivity index (χ2n) is 4.56. The van der Waals surface area contributed by atoms with Crippen LogP contribution >= 0.6 is 11.3 Å². The Morgan fingerprint density at radius 2 is 1.89 bits per heavy atom. The van der Waals surface area contributed by atoms with E-state index in [1.807, 2.05) is 49.6 Å². The van der Waals surface area contributed by atoms with Crippen LogP contribution in [0.25, 0.3) is 11.1 Å². The number of hydrogen-bond donors (Lipinski definition) is 1. The van der Waals surface area contributed by atoms with Crippen molar-refractivity contribution in [1.29, 1.82) is 0 Å². The van der Waals surface area contributed by atoms with Gasteiger partial charge in [-0.25, -0.2) is 0 Å². The van der Waals surface area contributed by atoms with Crippen LogP contribution in [0.1, 0.15) is 23.5 Å². The van der Waals surface area contributed by atoms with Crippen molar-refractivity contribution < 1.29 is 9.53 Å². The first-order chi connectivity index (χ1) is 9.10. The van der Waals surface area contributed by atoms with Gasteiger partial charge in [-0.3, -0.25) is 4.79 Å². The van der Waals surface area contributed by atoms with Crippen LogP contribution in [0.2, 0.25) is 0 Å². The number of thiophene rings is 1. The lowest BCUT2D eigenvalue weighted by Crippen LogP contribution is -2.29. The van der Waals surface area contributed by atoms with Crippen molar-refractivity contribution in [2.24, 2.45) is 0 Å². The molecule has 0 saturated carbocycles. The van der Waals surface area contributed by atoms with Crippen molar-refractivity contribution >= 4 is 17.2 Å². The van der Waals surface area contributed by atoms with Crippen LogP contribution in [-0.2, 0) is 0 Å². The molecule has 2 rings (SSSR count). The monoisotopic (exact) mass is 275 g/mol. The number of carbonyl (C=O) groups is 1. The van der Waals surface area contributed by atoms with Crippen molar-refractivity contribution in [2.75, 3.05) is 7.11 Å². The molecule has 1 N–H and O–H groups in total. The predicted octanol–water partition coefficient (Wildman–Crippen LogP) is 3.56. The smallest absolute Gasteiger partial charge is 0.261 e. The van der Waals surface area contributed by atoms with Gasteiger partial charge in [0.15, 0.2) is 0 Å². The summed E-state index contributed by atoms with van der Waals surface area (Å²) in [6.07, 6.45) is 0. The number of rotatable bonds is 4. The molecular formula is C15H17NO2S. The molecule has 0 spiro atoms. The first kappa shape index (κ1) is 13.6. The highest BCUT2D eigenvalue weighted by Gasteiger charge is 2.10. The molecule has 4 heteroatoms. The minimum absolute atomic E-state index is 0.0141. The summed E-state index contributed by atoms with van der Waals surface area (Å²) >= 11 is 1.46. The molecule has 0 unspecified atom stereocenters. The van der Waals surface area contributed by atoms with Crippen LogP contribution in [0.15, 0.2) is 35.7 Å². The number of nitrogens with one attached hydrogen (secondary N) is 1. The minimum Gasteiger partial charge on any atom is -0.497 e. The summed E-state index contributed by atoms with van der Waals surface area (Å²) in [4.78, 5) is 12.6. The quantitative estimate of drug-likeness (QED) is 0.926. The van der Waals surface area contributed by atoms with E-state index in [0.717, 1.165) is 21.8 Å². The summed E-state index contributed by atoms with van der Waals surface area (Å²) in [5, 5.41) is 4.89. The van der Waals surface area contributed by atoms with Gasteiger partial charge in [0.25, 0.3) is 5.91 Å². The molecule has 0 saturated heterocycles. The largest absolute Gasteiger partial charge is 0.497 e. The first-order valence-electron chi connectivity index (χ1n) is 6.14. The Labute approximate surface area is 117 Å². The van der Waals surface area contributed by atoms with Crippen molar-refractivity contribution in [3.8, 4) is 16.9 Å². The van der Waals surface area contributed by atoms with Crippen molar-refractivity contribution in [3.05, 3.63) is 40.6 Å². The number of carbonyl (C=O) groups excluding carboxylic acids is 1. The van der Waals surface area contributed by atoms with Crippen molar-refractivity contribution in [1.82, 2.24) is 5.32 Å². The maximum Gasteiger partial charge on any atom is 0.261 e. The lowest BCUT2D eigenvalue weighted by atomic mass is 10.1. The van der Waals surface area contributed by atoms with Crippen LogP contribution < -0.4 is 10.1 Å². The number of amides is 1. The Hall–Kier alpha value is -1.81. The van der Waals surface area contributed by atoms with E-state index >= 15 is 0 Å². The summed E-state index contributed by atoms with van der Waals surface area (Å²) in [5.41, 5.74) is 2.14. The Morgan fingerprint density at radius 3 is 2.47 bits per heavy atom. The fourth-order valence-electron chi connectivity index (χ4n) is 1.72. The van der Waals surface area contributed by atoms with Gasteiger partial charge in [-0.1, -0.05) is 12.1 Å². The standard InChI is InChI=1S/C15H17NO2S/c1-10(2)16-15(17)14-8-12(9-19-14)11-4-6-13(18-3)7-5-11/h4-10H,1-3H3,(H,16,17). The van der Waals surface area contributed by atoms with E-state index in [1.165, 1.54) is 11.3 Å². The van der Waals surface area contributed by atoms with Gasteiger partial charge in [0, 0.05) is 6.04 Å². The minimum atomic E-state index is -0.0141. The van der Waals surface area contributed by atoms with Gasteiger partial charge in [0.2, 0.25) is 0 Å². The van der Waals surface area contributed by atoms with Crippen LogP contribution in [-0.4, -0.2) is 19.1 Å². The fraction of sp³-hybridized carbons (Fsp3) is 0.267. The van der Waals surface area contributed by atoms with Gasteiger partial charge >= 0.3 is 0 Å². The summed E-state index contributed by atoms with van der Waals surface area (Å²) < 4.78 is 5.13. The molecule has 0 aliphatic carbocycles. The fourth-order valence-corrected chi connectivity index (χ4v) is 2.54. The van der Waals surface area contributed by atoms with Crippen LogP contribution in [0.4, 0.5) is 0 Å². The van der Waals surface area contributed by atoms with Gasteiger partial charge in [-0.15, -0.1) is 11.3 Å². The highest BCUT2D eigenvalue weighted by molar-refractivity contribution is 7.12. The normalized spacial score (nSPS) is 10.5. The van der Waals surface area contributed by atoms with E-state index in [4.69, 9.17) is 4.74 Å². The van der Waals surface area contributed by atoms with Crippen LogP contribution in [0, 0.1) is 0 Å². The molecule has 1 aromatic carbocycles. The van der Waals surface area contributed by atoms with E-state index in [0.29, 0.717) is 0 Å². The number of ether oxygens (including phenoxy) is 1. The van der Waals surface area contributed by atoms with E-state index in [-0.39, 0.29) is 11.9 Å². The Bertz CT molecular complexity index is 558. The average Bonchev–Trinajstić information content (AvgIpc) is 2.88. The molecule has 1 heterocycles. The maximum absolute atomic E-state index is 11.9. The second-order valence-corrected chi connectivity index (χ2v) is 5.47. The zero-order valence-corrected chi connectivity index (χ0v) is 12.1. The van der Waals surface area contributed by atoms with Gasteiger partial charge < -0.3 is 10.1 Å². The van der Waals surface area contributed by atoms with Gasteiger partial charge in [0.1, 0.15) is 5.75 Å². The molecular weight excluding hydrogens is 258 g/mol. The van der Waals surface area contributed by atoms with Crippen molar-refractivity contribution in [3.63, 3.8) is 0 Å². The third kappa shape index (κ3) is 3.35. The van der Waals surface area contributed by atoms with Gasteiger partial charge in [-0.2, -0.15) is 0 Å². The highest BCUT2D eigenvalue weighted by Crippen LogP contribution is 2.27. The van der Waals surface area contributed by atoms with E-state index in [9.17, 15) is 4.79 Å². The average molecular weight is 275 g/mol. The lowest BCUT2D eigenvalue weighted by molar-refractivity contribution is 0.0947. The number of benzene rings is 1. The summed E-state index contributed by atoms with van der Waals surface area (Å²) in [6.45, 7) is 3.91. The summed E-state index contributed by atoms with van der Waals surface area (Å²) in [7, 11) is 1.65. The highest BCUT2D eigenvalue weighted by atomic mass is 32.1. The summed E-state index contributed by atoms with van der Waals surface area (Å²) in [5.74, 6) is 0.816. The molecule has 0 fully saturated rings. The third-order valence-corrected chi connectivity index (χ3v) is 3.60. The molecule has 1 aromatic heterocycles. The van der Waals surface area contributed by atoms with E-state index in [1.54, 1.807) is 7.11 Å². The molecule has 0 atom stereocenters. The zero-order valence-electron chi connectivity index (χ0n) is 11.3. The molecule has 1 amide bonds. The number of hydrogen-bond acceptors (Lipinski definition) is 3. The molecule has 100 valence electrons. The Morgan fingerprint density at radius 1 is 1.21 bits per heavy atom. The van der Waals surface area contributed by atoms with Crippen LogP contribution in [0.5, 0.6) is 5.75 Å². The molecule has 3 nitrogen and oxygen atoms in total. The molecule has 0 radical (unpaired) electrons. The van der Waals surface area contributed by atoms with E-state index < -0.39 is 0 Å². The third-order valence-electron chi connectivity index (χ3n) is 2.67. The second kappa shape index (κ2) is 5.89. The first-order valence-corrected chi connectivity index (χ1v) is 7.02. The summed E-state index contributed by atoms with van der Waals surface area (Å²) in [6, 6.07) is 9.89. The van der Waals surface area contributed by atoms with Crippen LogP contribution in [0.3, 0.4) is 0 Å². The van der Waals surface area contributed by atoms with Gasteiger partial charge in [-0.05, 0) is 48.6 Å². The molecule has 0 aliphatic rings. The van der Waals surface area contributed by atoms with E-state index in [2.05, 4.69) is 5.32 Å². The lowest BCUT2D eigenvalue weighted by Gasteiger charge is -2.05. The topological polar surface area (TPSA) is 38.3 Å².